The van der Waals surface area contributed by atoms with E-state index in [2.05, 4.69) is 0 Å². The fourth-order valence-corrected chi connectivity index (χ4v) is 3.58. The molecule has 27 heavy (non-hydrogen) atoms. The van der Waals surface area contributed by atoms with Gasteiger partial charge in [0.05, 0.1) is 25.3 Å². The summed E-state index contributed by atoms with van der Waals surface area (Å²) in [6, 6.07) is 12.9. The lowest BCUT2D eigenvalue weighted by Gasteiger charge is -2.43. The van der Waals surface area contributed by atoms with E-state index in [1.807, 2.05) is 36.4 Å². The van der Waals surface area contributed by atoms with Crippen LogP contribution in [0.4, 0.5) is 13.6 Å². The Morgan fingerprint density at radius 2 is 1.93 bits per heavy atom. The van der Waals surface area contributed by atoms with Crippen LogP contribution in [0.25, 0.3) is 5.57 Å². The van der Waals surface area contributed by atoms with E-state index in [0.29, 0.717) is 25.2 Å². The molecule has 2 aliphatic rings. The van der Waals surface area contributed by atoms with Gasteiger partial charge in [0, 0.05) is 0 Å². The molecule has 4 nitrogen and oxygen atoms in total. The van der Waals surface area contributed by atoms with Gasteiger partial charge in [-0.05, 0) is 35.3 Å². The first-order valence-corrected chi connectivity index (χ1v) is 8.84. The zero-order valence-electron chi connectivity index (χ0n) is 14.6. The molecule has 140 valence electrons. The smallest absolute Gasteiger partial charge is 0.411 e. The summed E-state index contributed by atoms with van der Waals surface area (Å²) in [5.41, 5.74) is 2.43. The van der Waals surface area contributed by atoms with E-state index in [1.165, 1.54) is 6.07 Å². The number of halogens is 2. The minimum absolute atomic E-state index is 0.194. The average Bonchev–Trinajstić information content (AvgIpc) is 2.68. The standard InChI is InChI=1S/C21H19F2NO3/c22-19-7-6-15(10-20(19)23)16-8-17-12-26-13-18(9-16)24(17)21(25)27-11-14-4-2-1-3-5-14/h1-8,10,17-18H,9,11-13H2. The maximum Gasteiger partial charge on any atom is 0.411 e. The van der Waals surface area contributed by atoms with Gasteiger partial charge in [0.1, 0.15) is 6.61 Å². The van der Waals surface area contributed by atoms with Crippen molar-refractivity contribution in [1.29, 1.82) is 0 Å². The summed E-state index contributed by atoms with van der Waals surface area (Å²) in [6.07, 6.45) is 1.99. The maximum absolute atomic E-state index is 13.6. The summed E-state index contributed by atoms with van der Waals surface area (Å²) in [4.78, 5) is 14.3. The third-order valence-corrected chi connectivity index (χ3v) is 4.90. The molecule has 1 saturated heterocycles. The number of fused-ring (bicyclic) bond motifs is 2. The van der Waals surface area contributed by atoms with Crippen LogP contribution in [-0.4, -0.2) is 36.3 Å². The van der Waals surface area contributed by atoms with Crippen LogP contribution in [0.1, 0.15) is 17.5 Å². The highest BCUT2D eigenvalue weighted by molar-refractivity contribution is 5.74. The van der Waals surface area contributed by atoms with Crippen LogP contribution in [0, 0.1) is 11.6 Å². The first kappa shape index (κ1) is 17.7. The fraction of sp³-hybridized carbons (Fsp3) is 0.286. The third-order valence-electron chi connectivity index (χ3n) is 4.90. The van der Waals surface area contributed by atoms with E-state index in [-0.39, 0.29) is 18.7 Å². The van der Waals surface area contributed by atoms with Crippen molar-refractivity contribution in [3.8, 4) is 0 Å². The molecule has 0 radical (unpaired) electrons. The quantitative estimate of drug-likeness (QED) is 0.813. The van der Waals surface area contributed by atoms with Crippen LogP contribution in [-0.2, 0) is 16.1 Å². The van der Waals surface area contributed by atoms with Crippen molar-refractivity contribution in [3.05, 3.63) is 77.4 Å². The maximum atomic E-state index is 13.6. The van der Waals surface area contributed by atoms with Crippen molar-refractivity contribution in [2.45, 2.75) is 25.1 Å². The molecule has 2 atom stereocenters. The zero-order chi connectivity index (χ0) is 18.8. The minimum Gasteiger partial charge on any atom is -0.445 e. The van der Waals surface area contributed by atoms with Crippen molar-refractivity contribution in [2.75, 3.05) is 13.2 Å². The number of morpholine rings is 1. The number of amides is 1. The molecule has 6 heteroatoms. The molecule has 2 bridgehead atoms. The van der Waals surface area contributed by atoms with Gasteiger partial charge in [0.15, 0.2) is 11.6 Å². The van der Waals surface area contributed by atoms with Gasteiger partial charge in [-0.15, -0.1) is 0 Å². The second-order valence-corrected chi connectivity index (χ2v) is 6.73. The Morgan fingerprint density at radius 3 is 2.67 bits per heavy atom. The van der Waals surface area contributed by atoms with Gasteiger partial charge in [0.25, 0.3) is 0 Å². The minimum atomic E-state index is -0.875. The molecule has 2 unspecified atom stereocenters. The Labute approximate surface area is 156 Å². The second kappa shape index (κ2) is 7.48. The van der Waals surface area contributed by atoms with Gasteiger partial charge in [-0.25, -0.2) is 13.6 Å². The normalized spacial score (nSPS) is 21.6. The van der Waals surface area contributed by atoms with Gasteiger partial charge >= 0.3 is 6.09 Å². The van der Waals surface area contributed by atoms with E-state index in [1.54, 1.807) is 11.0 Å². The molecule has 0 aromatic heterocycles. The predicted molar refractivity (Wildman–Crippen MR) is 95.8 cm³/mol. The van der Waals surface area contributed by atoms with Gasteiger partial charge in [0.2, 0.25) is 0 Å². The molecule has 2 aromatic carbocycles. The van der Waals surface area contributed by atoms with Gasteiger partial charge < -0.3 is 9.47 Å². The fourth-order valence-electron chi connectivity index (χ4n) is 3.58. The van der Waals surface area contributed by atoms with Gasteiger partial charge in [-0.1, -0.05) is 42.5 Å². The molecule has 0 saturated carbocycles. The molecular formula is C21H19F2NO3. The van der Waals surface area contributed by atoms with E-state index in [4.69, 9.17) is 9.47 Å². The van der Waals surface area contributed by atoms with Crippen molar-refractivity contribution in [2.24, 2.45) is 0 Å². The molecule has 0 spiro atoms. The molecule has 4 rings (SSSR count). The van der Waals surface area contributed by atoms with E-state index in [0.717, 1.165) is 17.2 Å². The number of ether oxygens (including phenoxy) is 2. The van der Waals surface area contributed by atoms with Crippen molar-refractivity contribution < 1.29 is 23.0 Å². The lowest BCUT2D eigenvalue weighted by Crippen LogP contribution is -2.56. The largest absolute Gasteiger partial charge is 0.445 e. The summed E-state index contributed by atoms with van der Waals surface area (Å²) in [7, 11) is 0. The van der Waals surface area contributed by atoms with Crippen LogP contribution in [0.3, 0.4) is 0 Å². The second-order valence-electron chi connectivity index (χ2n) is 6.73. The van der Waals surface area contributed by atoms with E-state index >= 15 is 0 Å². The Kier molecular flexibility index (Phi) is 4.90. The number of nitrogens with zero attached hydrogens (tertiary/aromatic N) is 1. The number of carbonyl (C=O) groups excluding carboxylic acids is 1. The van der Waals surface area contributed by atoms with Crippen LogP contribution >= 0.6 is 0 Å². The molecule has 2 heterocycles. The number of rotatable bonds is 3. The zero-order valence-corrected chi connectivity index (χ0v) is 14.6. The Balaban J connectivity index is 1.51. The number of hydrogen-bond acceptors (Lipinski definition) is 3. The predicted octanol–water partition coefficient (Wildman–Crippen LogP) is 4.16. The lowest BCUT2D eigenvalue weighted by atomic mass is 9.90. The topological polar surface area (TPSA) is 38.8 Å². The summed E-state index contributed by atoms with van der Waals surface area (Å²) in [6.45, 7) is 0.943. The summed E-state index contributed by atoms with van der Waals surface area (Å²) < 4.78 is 37.8. The molecule has 0 aliphatic carbocycles. The molecule has 2 aliphatic heterocycles. The Hall–Kier alpha value is -2.73. The Morgan fingerprint density at radius 1 is 1.11 bits per heavy atom. The summed E-state index contributed by atoms with van der Waals surface area (Å²) >= 11 is 0. The van der Waals surface area contributed by atoms with Crippen LogP contribution in [0.15, 0.2) is 54.6 Å². The average molecular weight is 371 g/mol. The third kappa shape index (κ3) is 3.71. The van der Waals surface area contributed by atoms with Gasteiger partial charge in [-0.2, -0.15) is 0 Å². The monoisotopic (exact) mass is 371 g/mol. The summed E-state index contributed by atoms with van der Waals surface area (Å²) in [5, 5.41) is 0. The van der Waals surface area contributed by atoms with Crippen LogP contribution in [0.2, 0.25) is 0 Å². The van der Waals surface area contributed by atoms with Crippen molar-refractivity contribution in [3.63, 3.8) is 0 Å². The molecule has 1 amide bonds. The number of carbonyl (C=O) groups is 1. The van der Waals surface area contributed by atoms with Crippen molar-refractivity contribution >= 4 is 11.7 Å². The first-order chi connectivity index (χ1) is 13.1. The van der Waals surface area contributed by atoms with E-state index < -0.39 is 17.7 Å². The number of benzene rings is 2. The Bertz CT molecular complexity index is 869. The molecular weight excluding hydrogens is 352 g/mol. The SMILES string of the molecule is O=C(OCc1ccccc1)N1C2C=C(c3ccc(F)c(F)c3)CC1COC2. The molecule has 1 fully saturated rings. The summed E-state index contributed by atoms with van der Waals surface area (Å²) in [5.74, 6) is -1.75. The van der Waals surface area contributed by atoms with Crippen molar-refractivity contribution in [1.82, 2.24) is 4.90 Å². The molecule has 2 aromatic rings. The van der Waals surface area contributed by atoms with Crippen LogP contribution in [0.5, 0.6) is 0 Å². The highest BCUT2D eigenvalue weighted by Gasteiger charge is 2.39. The highest BCUT2D eigenvalue weighted by atomic mass is 19.2. The molecule has 0 N–H and O–H groups in total. The van der Waals surface area contributed by atoms with E-state index in [9.17, 15) is 13.6 Å². The first-order valence-electron chi connectivity index (χ1n) is 8.84. The van der Waals surface area contributed by atoms with Gasteiger partial charge in [-0.3, -0.25) is 4.90 Å². The highest BCUT2D eigenvalue weighted by Crippen LogP contribution is 2.33. The number of hydrogen-bond donors (Lipinski definition) is 0. The lowest BCUT2D eigenvalue weighted by molar-refractivity contribution is -0.0342. The van der Waals surface area contributed by atoms with Crippen LogP contribution < -0.4 is 0 Å².